The van der Waals surface area contributed by atoms with Gasteiger partial charge in [0.25, 0.3) is 0 Å². The minimum Gasteiger partial charge on any atom is -0.481 e. The molecule has 2 rings (SSSR count). The van der Waals surface area contributed by atoms with Gasteiger partial charge < -0.3 is 10.4 Å². The molecule has 1 amide bonds. The summed E-state index contributed by atoms with van der Waals surface area (Å²) in [7, 11) is 0. The molecule has 1 fully saturated rings. The van der Waals surface area contributed by atoms with Crippen LogP contribution in [0.1, 0.15) is 37.0 Å². The Morgan fingerprint density at radius 1 is 1.50 bits per heavy atom. The second-order valence-electron chi connectivity index (χ2n) is 4.73. The van der Waals surface area contributed by atoms with E-state index in [2.05, 4.69) is 5.32 Å². The third-order valence-corrected chi connectivity index (χ3v) is 4.58. The van der Waals surface area contributed by atoms with Crippen LogP contribution in [0, 0.1) is 5.92 Å². The number of hydrogen-bond acceptors (Lipinski definition) is 3. The summed E-state index contributed by atoms with van der Waals surface area (Å²) in [4.78, 5) is 24.1. The molecule has 3 unspecified atom stereocenters. The normalized spacial score (nSPS) is 24.7. The average molecular weight is 267 g/mol. The Kier molecular flexibility index (Phi) is 4.01. The highest BCUT2D eigenvalue weighted by Gasteiger charge is 2.34. The number of hydrogen-bond donors (Lipinski definition) is 2. The first-order valence-corrected chi connectivity index (χ1v) is 7.04. The van der Waals surface area contributed by atoms with Gasteiger partial charge >= 0.3 is 5.97 Å². The molecule has 0 bridgehead atoms. The lowest BCUT2D eigenvalue weighted by Gasteiger charge is -2.19. The van der Waals surface area contributed by atoms with Gasteiger partial charge in [-0.2, -0.15) is 0 Å². The molecule has 0 aromatic carbocycles. The van der Waals surface area contributed by atoms with E-state index in [0.29, 0.717) is 6.42 Å². The SMILES string of the molecule is CC(C(=O)NC1CCCC1C(=O)O)c1cccs1. The quantitative estimate of drug-likeness (QED) is 0.879. The third kappa shape index (κ3) is 2.72. The highest BCUT2D eigenvalue weighted by atomic mass is 32.1. The lowest BCUT2D eigenvalue weighted by Crippen LogP contribution is -2.41. The zero-order valence-electron chi connectivity index (χ0n) is 10.3. The van der Waals surface area contributed by atoms with Crippen LogP contribution in [0.2, 0.25) is 0 Å². The number of rotatable bonds is 4. The van der Waals surface area contributed by atoms with Gasteiger partial charge in [0.1, 0.15) is 0 Å². The Morgan fingerprint density at radius 2 is 2.28 bits per heavy atom. The number of carbonyl (C=O) groups excluding carboxylic acids is 1. The van der Waals surface area contributed by atoms with Crippen molar-refractivity contribution in [2.24, 2.45) is 5.92 Å². The Bertz CT molecular complexity index is 429. The van der Waals surface area contributed by atoms with Crippen molar-refractivity contribution in [2.45, 2.75) is 38.1 Å². The van der Waals surface area contributed by atoms with Gasteiger partial charge in [-0.05, 0) is 31.2 Å². The molecule has 4 nitrogen and oxygen atoms in total. The van der Waals surface area contributed by atoms with Crippen LogP contribution in [0.15, 0.2) is 17.5 Å². The highest BCUT2D eigenvalue weighted by molar-refractivity contribution is 7.10. The van der Waals surface area contributed by atoms with Gasteiger partial charge in [0.05, 0.1) is 11.8 Å². The molecule has 98 valence electrons. The topological polar surface area (TPSA) is 66.4 Å². The van der Waals surface area contributed by atoms with E-state index in [0.717, 1.165) is 17.7 Å². The summed E-state index contributed by atoms with van der Waals surface area (Å²) >= 11 is 1.55. The molecule has 2 N–H and O–H groups in total. The van der Waals surface area contributed by atoms with Crippen molar-refractivity contribution in [1.29, 1.82) is 0 Å². The minimum absolute atomic E-state index is 0.0735. The van der Waals surface area contributed by atoms with Crippen molar-refractivity contribution in [3.8, 4) is 0 Å². The molecule has 0 spiro atoms. The molecular formula is C13H17NO3S. The first kappa shape index (κ1) is 13.1. The average Bonchev–Trinajstić information content (AvgIpc) is 2.98. The van der Waals surface area contributed by atoms with Crippen LogP contribution in [-0.4, -0.2) is 23.0 Å². The van der Waals surface area contributed by atoms with Crippen molar-refractivity contribution < 1.29 is 14.7 Å². The maximum absolute atomic E-state index is 12.1. The van der Waals surface area contributed by atoms with Gasteiger partial charge in [0.15, 0.2) is 0 Å². The number of carboxylic acids is 1. The number of carbonyl (C=O) groups is 2. The number of aliphatic carboxylic acids is 1. The van der Waals surface area contributed by atoms with Gasteiger partial charge in [-0.25, -0.2) is 0 Å². The molecule has 18 heavy (non-hydrogen) atoms. The number of carboxylic acid groups (broad SMARTS) is 1. The van der Waals surface area contributed by atoms with E-state index in [1.807, 2.05) is 24.4 Å². The van der Waals surface area contributed by atoms with Crippen molar-refractivity contribution in [3.63, 3.8) is 0 Å². The lowest BCUT2D eigenvalue weighted by atomic mass is 10.0. The molecule has 1 aromatic heterocycles. The molecule has 0 saturated heterocycles. The fourth-order valence-electron chi connectivity index (χ4n) is 2.40. The van der Waals surface area contributed by atoms with E-state index in [1.54, 1.807) is 11.3 Å². The fraction of sp³-hybridized carbons (Fsp3) is 0.538. The smallest absolute Gasteiger partial charge is 0.308 e. The second-order valence-corrected chi connectivity index (χ2v) is 5.71. The Morgan fingerprint density at radius 3 is 2.89 bits per heavy atom. The number of thiophene rings is 1. The number of nitrogens with one attached hydrogen (secondary N) is 1. The maximum atomic E-state index is 12.1. The van der Waals surface area contributed by atoms with Crippen LogP contribution in [0.25, 0.3) is 0 Å². The van der Waals surface area contributed by atoms with Crippen LogP contribution >= 0.6 is 11.3 Å². The monoisotopic (exact) mass is 267 g/mol. The third-order valence-electron chi connectivity index (χ3n) is 3.52. The van der Waals surface area contributed by atoms with Crippen molar-refractivity contribution in [1.82, 2.24) is 5.32 Å². The summed E-state index contributed by atoms with van der Waals surface area (Å²) < 4.78 is 0. The predicted molar refractivity (Wildman–Crippen MR) is 69.6 cm³/mol. The molecule has 1 aromatic rings. The van der Waals surface area contributed by atoms with Gasteiger partial charge in [-0.3, -0.25) is 9.59 Å². The molecule has 1 saturated carbocycles. The first-order chi connectivity index (χ1) is 8.59. The summed E-state index contributed by atoms with van der Waals surface area (Å²) in [5, 5.41) is 13.9. The second kappa shape index (κ2) is 5.52. The highest BCUT2D eigenvalue weighted by Crippen LogP contribution is 2.27. The molecule has 0 aliphatic heterocycles. The molecule has 1 heterocycles. The van der Waals surface area contributed by atoms with Crippen molar-refractivity contribution >= 4 is 23.2 Å². The molecule has 1 aliphatic carbocycles. The maximum Gasteiger partial charge on any atom is 0.308 e. The lowest BCUT2D eigenvalue weighted by molar-refractivity contribution is -0.142. The summed E-state index contributed by atoms with van der Waals surface area (Å²) in [6.45, 7) is 1.85. The minimum atomic E-state index is -0.804. The molecule has 3 atom stereocenters. The van der Waals surface area contributed by atoms with Crippen LogP contribution in [-0.2, 0) is 9.59 Å². The molecule has 0 radical (unpaired) electrons. The van der Waals surface area contributed by atoms with Crippen LogP contribution in [0.5, 0.6) is 0 Å². The van der Waals surface area contributed by atoms with Gasteiger partial charge in [0, 0.05) is 10.9 Å². The Balaban J connectivity index is 1.97. The van der Waals surface area contributed by atoms with Crippen LogP contribution in [0.3, 0.4) is 0 Å². The van der Waals surface area contributed by atoms with Gasteiger partial charge in [-0.1, -0.05) is 12.5 Å². The largest absolute Gasteiger partial charge is 0.481 e. The van der Waals surface area contributed by atoms with E-state index in [1.165, 1.54) is 0 Å². The van der Waals surface area contributed by atoms with E-state index >= 15 is 0 Å². The summed E-state index contributed by atoms with van der Waals surface area (Å²) in [6, 6.07) is 3.63. The van der Waals surface area contributed by atoms with E-state index in [-0.39, 0.29) is 17.9 Å². The van der Waals surface area contributed by atoms with Crippen molar-refractivity contribution in [2.75, 3.05) is 0 Å². The number of amides is 1. The zero-order valence-corrected chi connectivity index (χ0v) is 11.1. The standard InChI is InChI=1S/C13H17NO3S/c1-8(11-6-3-7-18-11)12(15)14-10-5-2-4-9(10)13(16)17/h3,6-10H,2,4-5H2,1H3,(H,14,15)(H,16,17). The van der Waals surface area contributed by atoms with E-state index < -0.39 is 11.9 Å². The van der Waals surface area contributed by atoms with Gasteiger partial charge in [-0.15, -0.1) is 11.3 Å². The van der Waals surface area contributed by atoms with Gasteiger partial charge in [0.2, 0.25) is 5.91 Å². The molecular weight excluding hydrogens is 250 g/mol. The Hall–Kier alpha value is -1.36. The van der Waals surface area contributed by atoms with Crippen LogP contribution < -0.4 is 5.32 Å². The summed E-state index contributed by atoms with van der Waals surface area (Å²) in [5.74, 6) is -1.51. The Labute approximate surface area is 110 Å². The van der Waals surface area contributed by atoms with Crippen LogP contribution in [0.4, 0.5) is 0 Å². The van der Waals surface area contributed by atoms with E-state index in [4.69, 9.17) is 5.11 Å². The van der Waals surface area contributed by atoms with Crippen molar-refractivity contribution in [3.05, 3.63) is 22.4 Å². The fourth-order valence-corrected chi connectivity index (χ4v) is 3.19. The van der Waals surface area contributed by atoms with E-state index in [9.17, 15) is 9.59 Å². The summed E-state index contributed by atoms with van der Waals surface area (Å²) in [6.07, 6.45) is 2.29. The molecule has 5 heteroatoms. The molecule has 1 aliphatic rings. The first-order valence-electron chi connectivity index (χ1n) is 6.16. The zero-order chi connectivity index (χ0) is 13.1. The summed E-state index contributed by atoms with van der Waals surface area (Å²) in [5.41, 5.74) is 0. The predicted octanol–water partition coefficient (Wildman–Crippen LogP) is 2.22.